The molecule has 1 aliphatic carbocycles. The van der Waals surface area contributed by atoms with Crippen molar-refractivity contribution in [3.05, 3.63) is 83.6 Å². The Balaban J connectivity index is 1.79. The summed E-state index contributed by atoms with van der Waals surface area (Å²) in [5.74, 6) is 1.01. The lowest BCUT2D eigenvalue weighted by Gasteiger charge is -2.38. The van der Waals surface area contributed by atoms with Crippen molar-refractivity contribution in [3.8, 4) is 5.75 Å². The Bertz CT molecular complexity index is 1070. The third-order valence-electron chi connectivity index (χ3n) is 5.81. The quantitative estimate of drug-likeness (QED) is 0.681. The lowest BCUT2D eigenvalue weighted by molar-refractivity contribution is -0.122. The first kappa shape index (κ1) is 16.1. The van der Waals surface area contributed by atoms with E-state index in [1.165, 1.54) is 16.3 Å². The Morgan fingerprint density at radius 3 is 2.59 bits per heavy atom. The molecule has 0 unspecified atom stereocenters. The van der Waals surface area contributed by atoms with Crippen LogP contribution in [0.4, 0.5) is 5.69 Å². The molecule has 3 aromatic rings. The van der Waals surface area contributed by atoms with Gasteiger partial charge in [-0.05, 0) is 46.5 Å². The standard InChI is InChI=1S/C24H21NO2/c1-27-17-12-9-16(10-13-17)22-23-18-6-3-2-5-15(18)11-14-20(23)25-19-7-4-8-21(26)24(19)22/h2-3,5-7,9-14,22,24-25H,4,8H2,1H3/t22-,24+/m1/s1. The van der Waals surface area contributed by atoms with Gasteiger partial charge in [0.25, 0.3) is 0 Å². The van der Waals surface area contributed by atoms with E-state index in [0.717, 1.165) is 29.1 Å². The maximum absolute atomic E-state index is 13.0. The predicted octanol–water partition coefficient (Wildman–Crippen LogP) is 5.27. The number of Topliss-reactive ketones (excluding diaryl/α,β-unsaturated/α-hetero) is 1. The normalized spacial score (nSPS) is 21.1. The van der Waals surface area contributed by atoms with Crippen LogP contribution in [0.5, 0.6) is 5.75 Å². The molecule has 3 nitrogen and oxygen atoms in total. The molecule has 0 saturated heterocycles. The second-order valence-electron chi connectivity index (χ2n) is 7.27. The molecule has 5 rings (SSSR count). The highest BCUT2D eigenvalue weighted by Gasteiger charge is 2.40. The van der Waals surface area contributed by atoms with Crippen LogP contribution in [0.1, 0.15) is 29.9 Å². The largest absolute Gasteiger partial charge is 0.497 e. The third kappa shape index (κ3) is 2.54. The molecule has 1 heterocycles. The van der Waals surface area contributed by atoms with Crippen LogP contribution in [-0.4, -0.2) is 12.9 Å². The number of ketones is 1. The van der Waals surface area contributed by atoms with E-state index >= 15 is 0 Å². The topological polar surface area (TPSA) is 38.3 Å². The van der Waals surface area contributed by atoms with Crippen LogP contribution in [0, 0.1) is 5.92 Å². The zero-order chi connectivity index (χ0) is 18.4. The highest BCUT2D eigenvalue weighted by atomic mass is 16.5. The molecule has 3 heteroatoms. The van der Waals surface area contributed by atoms with Crippen molar-refractivity contribution in [2.75, 3.05) is 12.4 Å². The maximum atomic E-state index is 13.0. The number of carbonyl (C=O) groups excluding carboxylic acids is 1. The van der Waals surface area contributed by atoms with Crippen molar-refractivity contribution >= 4 is 22.2 Å². The van der Waals surface area contributed by atoms with Gasteiger partial charge in [0.05, 0.1) is 13.0 Å². The Labute approximate surface area is 158 Å². The van der Waals surface area contributed by atoms with Gasteiger partial charge in [0, 0.05) is 23.7 Å². The summed E-state index contributed by atoms with van der Waals surface area (Å²) in [7, 11) is 1.67. The predicted molar refractivity (Wildman–Crippen MR) is 108 cm³/mol. The number of ether oxygens (including phenoxy) is 1. The number of hydrogen-bond donors (Lipinski definition) is 1. The number of hydrogen-bond acceptors (Lipinski definition) is 3. The molecule has 0 aromatic heterocycles. The number of carbonyl (C=O) groups is 1. The molecule has 0 bridgehead atoms. The molecular formula is C24H21NO2. The highest BCUT2D eigenvalue weighted by Crippen LogP contribution is 2.49. The Hall–Kier alpha value is -3.07. The first-order valence-corrected chi connectivity index (χ1v) is 9.41. The van der Waals surface area contributed by atoms with Gasteiger partial charge in [0.1, 0.15) is 11.5 Å². The van der Waals surface area contributed by atoms with Crippen LogP contribution in [0.15, 0.2) is 72.4 Å². The minimum absolute atomic E-state index is 0.0114. The van der Waals surface area contributed by atoms with Gasteiger partial charge in [-0.15, -0.1) is 0 Å². The van der Waals surface area contributed by atoms with Crippen LogP contribution in [0.2, 0.25) is 0 Å². The summed E-state index contributed by atoms with van der Waals surface area (Å²) in [6.45, 7) is 0. The zero-order valence-electron chi connectivity index (χ0n) is 15.2. The second-order valence-corrected chi connectivity index (χ2v) is 7.27. The van der Waals surface area contributed by atoms with Crippen LogP contribution in [0.3, 0.4) is 0 Å². The first-order valence-electron chi connectivity index (χ1n) is 9.41. The lowest BCUT2D eigenvalue weighted by atomic mass is 9.70. The van der Waals surface area contributed by atoms with Crippen LogP contribution >= 0.6 is 0 Å². The summed E-state index contributed by atoms with van der Waals surface area (Å²) < 4.78 is 5.33. The fourth-order valence-corrected chi connectivity index (χ4v) is 4.55. The number of nitrogens with one attached hydrogen (secondary N) is 1. The molecule has 0 fully saturated rings. The van der Waals surface area contributed by atoms with Crippen LogP contribution in [-0.2, 0) is 4.79 Å². The smallest absolute Gasteiger partial charge is 0.143 e. The average molecular weight is 355 g/mol. The monoisotopic (exact) mass is 355 g/mol. The minimum Gasteiger partial charge on any atom is -0.497 e. The van der Waals surface area contributed by atoms with Gasteiger partial charge < -0.3 is 10.1 Å². The highest BCUT2D eigenvalue weighted by molar-refractivity contribution is 5.96. The number of allylic oxidation sites excluding steroid dienone is 2. The number of anilines is 1. The molecule has 1 N–H and O–H groups in total. The van der Waals surface area contributed by atoms with Crippen molar-refractivity contribution in [2.45, 2.75) is 18.8 Å². The number of methoxy groups -OCH3 is 1. The summed E-state index contributed by atoms with van der Waals surface area (Å²) in [4.78, 5) is 13.0. The van der Waals surface area contributed by atoms with Gasteiger partial charge in [-0.3, -0.25) is 4.79 Å². The van der Waals surface area contributed by atoms with Gasteiger partial charge in [-0.1, -0.05) is 48.5 Å². The fraction of sp³-hybridized carbons (Fsp3) is 0.208. The summed E-state index contributed by atoms with van der Waals surface area (Å²) in [5, 5.41) is 5.97. The van der Waals surface area contributed by atoms with Crippen molar-refractivity contribution in [1.82, 2.24) is 0 Å². The van der Waals surface area contributed by atoms with Crippen LogP contribution in [0.25, 0.3) is 10.8 Å². The van der Waals surface area contributed by atoms with Gasteiger partial charge in [-0.25, -0.2) is 0 Å². The van der Waals surface area contributed by atoms with Gasteiger partial charge >= 0.3 is 0 Å². The molecule has 1 aliphatic heterocycles. The molecule has 0 radical (unpaired) electrons. The van der Waals surface area contributed by atoms with Gasteiger partial charge in [-0.2, -0.15) is 0 Å². The molecule has 0 amide bonds. The van der Waals surface area contributed by atoms with Gasteiger partial charge in [0.15, 0.2) is 0 Å². The molecule has 134 valence electrons. The maximum Gasteiger partial charge on any atom is 0.143 e. The Morgan fingerprint density at radius 2 is 1.78 bits per heavy atom. The number of rotatable bonds is 2. The second kappa shape index (κ2) is 6.27. The van der Waals surface area contributed by atoms with Crippen molar-refractivity contribution in [2.24, 2.45) is 5.92 Å². The van der Waals surface area contributed by atoms with Crippen molar-refractivity contribution in [1.29, 1.82) is 0 Å². The molecule has 0 saturated carbocycles. The van der Waals surface area contributed by atoms with Crippen molar-refractivity contribution < 1.29 is 9.53 Å². The summed E-state index contributed by atoms with van der Waals surface area (Å²) >= 11 is 0. The van der Waals surface area contributed by atoms with E-state index in [4.69, 9.17) is 4.74 Å². The molecule has 0 spiro atoms. The Kier molecular flexibility index (Phi) is 3.75. The number of benzene rings is 3. The first-order chi connectivity index (χ1) is 13.3. The average Bonchev–Trinajstić information content (AvgIpc) is 2.72. The number of fused-ring (bicyclic) bond motifs is 4. The van der Waals surface area contributed by atoms with Gasteiger partial charge in [0.2, 0.25) is 0 Å². The van der Waals surface area contributed by atoms with E-state index < -0.39 is 0 Å². The SMILES string of the molecule is COc1ccc([C@@H]2c3c(ccc4ccccc34)NC3=CCCC(=O)[C@H]32)cc1. The molecular weight excluding hydrogens is 334 g/mol. The van der Waals surface area contributed by atoms with E-state index in [1.807, 2.05) is 12.1 Å². The Morgan fingerprint density at radius 1 is 0.963 bits per heavy atom. The molecule has 2 atom stereocenters. The van der Waals surface area contributed by atoms with Crippen LogP contribution < -0.4 is 10.1 Å². The fourth-order valence-electron chi connectivity index (χ4n) is 4.55. The van der Waals surface area contributed by atoms with E-state index in [9.17, 15) is 4.79 Å². The molecule has 27 heavy (non-hydrogen) atoms. The summed E-state index contributed by atoms with van der Waals surface area (Å²) in [6, 6.07) is 20.9. The summed E-state index contributed by atoms with van der Waals surface area (Å²) in [6.07, 6.45) is 3.62. The molecule has 3 aromatic carbocycles. The molecule has 2 aliphatic rings. The van der Waals surface area contributed by atoms with E-state index in [2.05, 4.69) is 59.9 Å². The van der Waals surface area contributed by atoms with E-state index in [0.29, 0.717) is 12.2 Å². The lowest BCUT2D eigenvalue weighted by Crippen LogP contribution is -2.34. The van der Waals surface area contributed by atoms with Crippen molar-refractivity contribution in [3.63, 3.8) is 0 Å². The minimum atomic E-state index is -0.148. The van der Waals surface area contributed by atoms with E-state index in [1.54, 1.807) is 7.11 Å². The van der Waals surface area contributed by atoms with E-state index in [-0.39, 0.29) is 11.8 Å². The zero-order valence-corrected chi connectivity index (χ0v) is 15.2. The summed E-state index contributed by atoms with van der Waals surface area (Å²) in [5.41, 5.74) is 4.53. The third-order valence-corrected chi connectivity index (χ3v) is 5.81.